The molecule has 0 saturated heterocycles. The van der Waals surface area contributed by atoms with Crippen LogP contribution in [0.5, 0.6) is 5.75 Å². The van der Waals surface area contributed by atoms with Crippen molar-refractivity contribution in [2.45, 2.75) is 0 Å². The lowest BCUT2D eigenvalue weighted by atomic mass is 10.3. The molecular formula is C14H16N2O4. The number of carbonyl (C=O) groups is 1. The van der Waals surface area contributed by atoms with Crippen LogP contribution in [-0.2, 0) is 14.3 Å². The minimum atomic E-state index is -0.681. The number of anilines is 1. The van der Waals surface area contributed by atoms with E-state index in [1.165, 1.54) is 13.3 Å². The van der Waals surface area contributed by atoms with E-state index < -0.39 is 5.97 Å². The molecule has 0 aromatic heterocycles. The number of nitriles is 1. The number of hydrogen-bond acceptors (Lipinski definition) is 6. The molecule has 0 heterocycles. The van der Waals surface area contributed by atoms with Gasteiger partial charge in [-0.3, -0.25) is 0 Å². The molecule has 0 amide bonds. The van der Waals surface area contributed by atoms with Crippen LogP contribution in [0.2, 0.25) is 0 Å². The van der Waals surface area contributed by atoms with E-state index in [1.54, 1.807) is 37.4 Å². The molecule has 1 rings (SSSR count). The van der Waals surface area contributed by atoms with Crippen molar-refractivity contribution in [3.63, 3.8) is 0 Å². The fourth-order valence-corrected chi connectivity index (χ4v) is 1.29. The van der Waals surface area contributed by atoms with Gasteiger partial charge in [-0.2, -0.15) is 5.26 Å². The smallest absolute Gasteiger partial charge is 0.350 e. The average Bonchev–Trinajstić information content (AvgIpc) is 2.49. The Morgan fingerprint density at radius 1 is 1.30 bits per heavy atom. The molecule has 6 nitrogen and oxygen atoms in total. The van der Waals surface area contributed by atoms with E-state index in [0.29, 0.717) is 19.0 Å². The van der Waals surface area contributed by atoms with Gasteiger partial charge in [-0.1, -0.05) is 0 Å². The number of esters is 1. The SMILES string of the molecule is COCCOc1ccc(NC=C(C#N)C(=O)OC)cc1. The Balaban J connectivity index is 2.59. The maximum Gasteiger partial charge on any atom is 0.350 e. The predicted molar refractivity (Wildman–Crippen MR) is 73.1 cm³/mol. The third-order valence-corrected chi connectivity index (χ3v) is 2.32. The first-order valence-corrected chi connectivity index (χ1v) is 5.88. The third-order valence-electron chi connectivity index (χ3n) is 2.32. The number of nitrogens with one attached hydrogen (secondary N) is 1. The van der Waals surface area contributed by atoms with Gasteiger partial charge in [-0.15, -0.1) is 0 Å². The molecule has 1 aromatic rings. The van der Waals surface area contributed by atoms with Gasteiger partial charge in [0.1, 0.15) is 18.4 Å². The van der Waals surface area contributed by atoms with Gasteiger partial charge in [0.2, 0.25) is 0 Å². The number of nitrogens with zero attached hydrogens (tertiary/aromatic N) is 1. The summed E-state index contributed by atoms with van der Waals surface area (Å²) in [7, 11) is 2.83. The van der Waals surface area contributed by atoms with E-state index in [2.05, 4.69) is 10.1 Å². The average molecular weight is 276 g/mol. The maximum atomic E-state index is 11.2. The van der Waals surface area contributed by atoms with E-state index in [-0.39, 0.29) is 5.57 Å². The van der Waals surface area contributed by atoms with E-state index >= 15 is 0 Å². The molecule has 0 aliphatic rings. The Labute approximate surface area is 117 Å². The number of carbonyl (C=O) groups excluding carboxylic acids is 1. The molecule has 1 N–H and O–H groups in total. The highest BCUT2D eigenvalue weighted by Gasteiger charge is 2.07. The second-order valence-corrected chi connectivity index (χ2v) is 3.67. The van der Waals surface area contributed by atoms with Crippen LogP contribution in [-0.4, -0.2) is 33.4 Å². The summed E-state index contributed by atoms with van der Waals surface area (Å²) >= 11 is 0. The number of rotatable bonds is 7. The van der Waals surface area contributed by atoms with Crippen molar-refractivity contribution >= 4 is 11.7 Å². The van der Waals surface area contributed by atoms with Gasteiger partial charge < -0.3 is 19.5 Å². The van der Waals surface area contributed by atoms with Gasteiger partial charge in [0.05, 0.1) is 13.7 Å². The first-order chi connectivity index (χ1) is 9.71. The van der Waals surface area contributed by atoms with Crippen LogP contribution >= 0.6 is 0 Å². The molecule has 0 atom stereocenters. The highest BCUT2D eigenvalue weighted by Crippen LogP contribution is 2.16. The van der Waals surface area contributed by atoms with E-state index in [0.717, 1.165) is 5.69 Å². The molecule has 0 saturated carbocycles. The summed E-state index contributed by atoms with van der Waals surface area (Å²) in [4.78, 5) is 11.2. The lowest BCUT2D eigenvalue weighted by molar-refractivity contribution is -0.135. The number of ether oxygens (including phenoxy) is 3. The van der Waals surface area contributed by atoms with Crippen molar-refractivity contribution in [2.75, 3.05) is 32.8 Å². The van der Waals surface area contributed by atoms with Crippen molar-refractivity contribution in [2.24, 2.45) is 0 Å². The van der Waals surface area contributed by atoms with E-state index in [9.17, 15) is 4.79 Å². The largest absolute Gasteiger partial charge is 0.491 e. The van der Waals surface area contributed by atoms with Gasteiger partial charge in [-0.05, 0) is 24.3 Å². The lowest BCUT2D eigenvalue weighted by Crippen LogP contribution is -2.05. The second kappa shape index (κ2) is 8.56. The molecule has 0 unspecified atom stereocenters. The van der Waals surface area contributed by atoms with E-state index in [4.69, 9.17) is 14.7 Å². The highest BCUT2D eigenvalue weighted by atomic mass is 16.5. The monoisotopic (exact) mass is 276 g/mol. The molecule has 20 heavy (non-hydrogen) atoms. The quantitative estimate of drug-likeness (QED) is 0.353. The molecule has 1 aromatic carbocycles. The summed E-state index contributed by atoms with van der Waals surface area (Å²) in [6, 6.07) is 8.84. The topological polar surface area (TPSA) is 80.6 Å². The Morgan fingerprint density at radius 3 is 2.55 bits per heavy atom. The molecule has 0 fully saturated rings. The first-order valence-electron chi connectivity index (χ1n) is 5.88. The minimum absolute atomic E-state index is 0.104. The standard InChI is InChI=1S/C14H16N2O4/c1-18-7-8-20-13-5-3-12(4-6-13)16-10-11(9-15)14(17)19-2/h3-6,10,16H,7-8H2,1-2H3. The van der Waals surface area contributed by atoms with Crippen LogP contribution in [0.1, 0.15) is 0 Å². The summed E-state index contributed by atoms with van der Waals surface area (Å²) in [6.45, 7) is 0.998. The maximum absolute atomic E-state index is 11.2. The Kier molecular flexibility index (Phi) is 6.65. The van der Waals surface area contributed by atoms with E-state index in [1.807, 2.05) is 0 Å². The molecule has 6 heteroatoms. The van der Waals surface area contributed by atoms with Crippen LogP contribution in [0, 0.1) is 11.3 Å². The van der Waals surface area contributed by atoms with Crippen LogP contribution < -0.4 is 10.1 Å². The van der Waals surface area contributed by atoms with Gasteiger partial charge in [0.25, 0.3) is 0 Å². The van der Waals surface area contributed by atoms with Crippen LogP contribution in [0.15, 0.2) is 36.0 Å². The summed E-state index contributed by atoms with van der Waals surface area (Å²) in [6.07, 6.45) is 1.30. The predicted octanol–water partition coefficient (Wildman–Crippen LogP) is 1.70. The molecule has 0 bridgehead atoms. The molecule has 0 aliphatic carbocycles. The summed E-state index contributed by atoms with van der Waals surface area (Å²) in [5.41, 5.74) is 0.619. The Morgan fingerprint density at radius 2 is 2.00 bits per heavy atom. The number of benzene rings is 1. The zero-order valence-corrected chi connectivity index (χ0v) is 11.4. The first kappa shape index (κ1) is 15.5. The van der Waals surface area contributed by atoms with Crippen molar-refractivity contribution < 1.29 is 19.0 Å². The zero-order chi connectivity index (χ0) is 14.8. The van der Waals surface area contributed by atoms with Crippen LogP contribution in [0.3, 0.4) is 0 Å². The lowest BCUT2D eigenvalue weighted by Gasteiger charge is -2.06. The Hall–Kier alpha value is -2.52. The van der Waals surface area contributed by atoms with Crippen molar-refractivity contribution in [3.8, 4) is 11.8 Å². The molecule has 0 radical (unpaired) electrons. The van der Waals surface area contributed by atoms with Crippen LogP contribution in [0.25, 0.3) is 0 Å². The minimum Gasteiger partial charge on any atom is -0.491 e. The summed E-state index contributed by atoms with van der Waals surface area (Å²) in [5.74, 6) is 0.0320. The van der Waals surface area contributed by atoms with Gasteiger partial charge >= 0.3 is 5.97 Å². The van der Waals surface area contributed by atoms with Crippen LogP contribution in [0.4, 0.5) is 5.69 Å². The Bertz CT molecular complexity index is 503. The second-order valence-electron chi connectivity index (χ2n) is 3.67. The van der Waals surface area contributed by atoms with Gasteiger partial charge in [-0.25, -0.2) is 4.79 Å². The molecule has 0 aliphatic heterocycles. The van der Waals surface area contributed by atoms with Gasteiger partial charge in [0.15, 0.2) is 5.57 Å². The van der Waals surface area contributed by atoms with Gasteiger partial charge in [0, 0.05) is 19.0 Å². The zero-order valence-electron chi connectivity index (χ0n) is 11.4. The fourth-order valence-electron chi connectivity index (χ4n) is 1.29. The highest BCUT2D eigenvalue weighted by molar-refractivity contribution is 5.92. The summed E-state index contributed by atoms with van der Waals surface area (Å²) in [5, 5.41) is 11.6. The molecule has 106 valence electrons. The van der Waals surface area contributed by atoms with Crippen molar-refractivity contribution in [1.82, 2.24) is 0 Å². The molecular weight excluding hydrogens is 260 g/mol. The molecule has 0 spiro atoms. The van der Waals surface area contributed by atoms with Crippen molar-refractivity contribution in [1.29, 1.82) is 5.26 Å². The third kappa shape index (κ3) is 5.00. The normalized spacial score (nSPS) is 10.6. The summed E-state index contributed by atoms with van der Waals surface area (Å²) < 4.78 is 14.8. The fraction of sp³-hybridized carbons (Fsp3) is 0.286. The number of methoxy groups -OCH3 is 2. The van der Waals surface area contributed by atoms with Crippen molar-refractivity contribution in [3.05, 3.63) is 36.0 Å². The number of hydrogen-bond donors (Lipinski definition) is 1.